The Hall–Kier alpha value is -4.89. The maximum atomic E-state index is 13.3. The van der Waals surface area contributed by atoms with Gasteiger partial charge in [0, 0.05) is 17.3 Å². The Morgan fingerprint density at radius 3 is 2.54 bits per heavy atom. The van der Waals surface area contributed by atoms with Gasteiger partial charge in [0.05, 0.1) is 16.8 Å². The normalized spacial score (nSPS) is 12.1. The minimum atomic E-state index is -0.298. The van der Waals surface area contributed by atoms with Gasteiger partial charge in [-0.1, -0.05) is 54.7 Å². The lowest BCUT2D eigenvalue weighted by atomic mass is 10.0. The van der Waals surface area contributed by atoms with Gasteiger partial charge in [-0.05, 0) is 79.1 Å². The summed E-state index contributed by atoms with van der Waals surface area (Å²) in [6.45, 7) is 4.76. The summed E-state index contributed by atoms with van der Waals surface area (Å²) < 4.78 is 22.6. The lowest BCUT2D eigenvalue weighted by Gasteiger charge is -2.09. The smallest absolute Gasteiger partial charge is 0.291 e. The lowest BCUT2D eigenvalue weighted by molar-refractivity contribution is 0.317. The lowest BCUT2D eigenvalue weighted by Crippen LogP contribution is -2.23. The second kappa shape index (κ2) is 11.3. The molecule has 3 aromatic carbocycles. The van der Waals surface area contributed by atoms with Crippen molar-refractivity contribution in [1.29, 1.82) is 0 Å². The van der Waals surface area contributed by atoms with Crippen LogP contribution < -0.4 is 14.8 Å². The summed E-state index contributed by atoms with van der Waals surface area (Å²) in [4.78, 5) is 18.3. The Morgan fingerprint density at radius 1 is 1.00 bits per heavy atom. The van der Waals surface area contributed by atoms with E-state index in [1.54, 1.807) is 24.3 Å². The molecule has 0 N–H and O–H groups in total. The highest BCUT2D eigenvalue weighted by molar-refractivity contribution is 7.15. The molecule has 0 aliphatic heterocycles. The third-order valence-electron chi connectivity index (χ3n) is 6.47. The van der Waals surface area contributed by atoms with E-state index >= 15 is 0 Å². The third-order valence-corrected chi connectivity index (χ3v) is 7.43. The highest BCUT2D eigenvalue weighted by Crippen LogP contribution is 2.30. The number of aromatic nitrogens is 5. The van der Waals surface area contributed by atoms with Gasteiger partial charge in [-0.3, -0.25) is 4.79 Å². The molecular weight excluding hydrogens is 537 g/mol. The number of benzene rings is 3. The summed E-state index contributed by atoms with van der Waals surface area (Å²) in [5, 5.41) is 9.30. The standard InChI is InChI=1S/C32H26FN5O2S/c1-3-17-40-26-14-15-27(21(2)18-26)30-23(20-37(36-30)25-7-5-4-6-8-25)19-28-31(39)38-32(41-28)34-29(35-38)16-11-22-9-12-24(33)13-10-22/h4-16,18-20H,3,17H2,1-2H3/b16-11+,28-19-. The summed E-state index contributed by atoms with van der Waals surface area (Å²) in [5.41, 5.74) is 5.01. The fraction of sp³-hybridized carbons (Fsp3) is 0.125. The molecule has 0 saturated carbocycles. The maximum absolute atomic E-state index is 13.3. The molecule has 3 heterocycles. The number of aryl methyl sites for hydroxylation is 1. The van der Waals surface area contributed by atoms with Crippen molar-refractivity contribution >= 4 is 34.5 Å². The molecule has 0 saturated heterocycles. The van der Waals surface area contributed by atoms with Crippen LogP contribution in [0.5, 0.6) is 5.75 Å². The van der Waals surface area contributed by atoms with Crippen LogP contribution in [0.15, 0.2) is 83.8 Å². The quantitative estimate of drug-likeness (QED) is 0.229. The average Bonchev–Trinajstić information content (AvgIpc) is 3.67. The molecule has 0 aliphatic carbocycles. The number of nitrogens with zero attached hydrogens (tertiary/aromatic N) is 5. The second-order valence-electron chi connectivity index (χ2n) is 9.50. The number of halogens is 1. The van der Waals surface area contributed by atoms with Crippen molar-refractivity contribution in [3.63, 3.8) is 0 Å². The first kappa shape index (κ1) is 26.3. The highest BCUT2D eigenvalue weighted by Gasteiger charge is 2.16. The van der Waals surface area contributed by atoms with Gasteiger partial charge in [-0.15, -0.1) is 5.10 Å². The predicted octanol–water partition coefficient (Wildman–Crippen LogP) is 5.96. The summed E-state index contributed by atoms with van der Waals surface area (Å²) in [7, 11) is 0. The van der Waals surface area contributed by atoms with Gasteiger partial charge >= 0.3 is 0 Å². The van der Waals surface area contributed by atoms with Crippen molar-refractivity contribution in [2.45, 2.75) is 20.3 Å². The summed E-state index contributed by atoms with van der Waals surface area (Å²) in [5.74, 6) is 0.925. The number of ether oxygens (including phenoxy) is 1. The second-order valence-corrected chi connectivity index (χ2v) is 10.5. The van der Waals surface area contributed by atoms with Crippen molar-refractivity contribution in [1.82, 2.24) is 24.4 Å². The van der Waals surface area contributed by atoms with Gasteiger partial charge in [-0.25, -0.2) is 9.07 Å². The topological polar surface area (TPSA) is 74.3 Å². The minimum Gasteiger partial charge on any atom is -0.494 e. The predicted molar refractivity (Wildman–Crippen MR) is 161 cm³/mol. The van der Waals surface area contributed by atoms with Crippen LogP contribution in [0.2, 0.25) is 0 Å². The Balaban J connectivity index is 1.40. The van der Waals surface area contributed by atoms with Gasteiger partial charge in [-0.2, -0.15) is 14.6 Å². The van der Waals surface area contributed by atoms with E-state index in [0.29, 0.717) is 21.9 Å². The van der Waals surface area contributed by atoms with E-state index in [-0.39, 0.29) is 11.4 Å². The molecule has 0 spiro atoms. The van der Waals surface area contributed by atoms with E-state index in [1.165, 1.54) is 28.0 Å². The Morgan fingerprint density at radius 2 is 1.80 bits per heavy atom. The summed E-state index contributed by atoms with van der Waals surface area (Å²) in [6, 6.07) is 21.9. The van der Waals surface area contributed by atoms with Gasteiger partial charge in [0.1, 0.15) is 17.3 Å². The molecule has 7 nitrogen and oxygen atoms in total. The minimum absolute atomic E-state index is 0.252. The van der Waals surface area contributed by atoms with Gasteiger partial charge in [0.25, 0.3) is 5.56 Å². The van der Waals surface area contributed by atoms with E-state index in [2.05, 4.69) is 17.0 Å². The first-order valence-corrected chi connectivity index (χ1v) is 14.0. The molecule has 6 aromatic rings. The molecule has 41 heavy (non-hydrogen) atoms. The zero-order valence-corrected chi connectivity index (χ0v) is 23.3. The molecule has 0 unspecified atom stereocenters. The fourth-order valence-corrected chi connectivity index (χ4v) is 5.34. The average molecular weight is 564 g/mol. The zero-order chi connectivity index (χ0) is 28.3. The van der Waals surface area contributed by atoms with Crippen molar-refractivity contribution in [2.24, 2.45) is 0 Å². The molecule has 3 aromatic heterocycles. The van der Waals surface area contributed by atoms with Crippen LogP contribution in [0.1, 0.15) is 35.9 Å². The van der Waals surface area contributed by atoms with Crippen LogP contribution in [0.25, 0.3) is 40.1 Å². The largest absolute Gasteiger partial charge is 0.494 e. The summed E-state index contributed by atoms with van der Waals surface area (Å²) in [6.07, 6.45) is 8.19. The van der Waals surface area contributed by atoms with Crippen molar-refractivity contribution < 1.29 is 9.13 Å². The van der Waals surface area contributed by atoms with Crippen molar-refractivity contribution in [3.05, 3.63) is 122 Å². The van der Waals surface area contributed by atoms with E-state index in [1.807, 2.05) is 72.4 Å². The van der Waals surface area contributed by atoms with Crippen molar-refractivity contribution in [3.8, 4) is 22.7 Å². The van der Waals surface area contributed by atoms with Crippen LogP contribution in [0.4, 0.5) is 4.39 Å². The number of para-hydroxylation sites is 1. The number of hydrogen-bond acceptors (Lipinski definition) is 6. The van der Waals surface area contributed by atoms with Crippen LogP contribution in [0.3, 0.4) is 0 Å². The molecular formula is C32H26FN5O2S. The van der Waals surface area contributed by atoms with Gasteiger partial charge in [0.2, 0.25) is 4.96 Å². The van der Waals surface area contributed by atoms with E-state index < -0.39 is 0 Å². The first-order chi connectivity index (χ1) is 20.0. The molecule has 0 atom stereocenters. The highest BCUT2D eigenvalue weighted by atomic mass is 32.1. The molecule has 0 fully saturated rings. The third kappa shape index (κ3) is 5.57. The maximum Gasteiger partial charge on any atom is 0.291 e. The zero-order valence-electron chi connectivity index (χ0n) is 22.5. The molecule has 0 aliphatic rings. The van der Waals surface area contributed by atoms with Crippen molar-refractivity contribution in [2.75, 3.05) is 6.61 Å². The Bertz CT molecular complexity index is 1970. The molecule has 204 valence electrons. The Kier molecular flexibility index (Phi) is 7.26. The number of rotatable bonds is 8. The first-order valence-electron chi connectivity index (χ1n) is 13.2. The van der Waals surface area contributed by atoms with Crippen LogP contribution in [-0.2, 0) is 0 Å². The van der Waals surface area contributed by atoms with Gasteiger partial charge in [0.15, 0.2) is 5.82 Å². The van der Waals surface area contributed by atoms with E-state index in [9.17, 15) is 9.18 Å². The van der Waals surface area contributed by atoms with Crippen LogP contribution in [-0.4, -0.2) is 31.0 Å². The molecule has 0 amide bonds. The molecule has 6 rings (SSSR count). The fourth-order valence-electron chi connectivity index (χ4n) is 4.43. The number of thiazole rings is 1. The Labute approximate surface area is 239 Å². The van der Waals surface area contributed by atoms with Gasteiger partial charge < -0.3 is 4.74 Å². The molecule has 9 heteroatoms. The number of fused-ring (bicyclic) bond motifs is 1. The van der Waals surface area contributed by atoms with E-state index in [0.717, 1.165) is 45.8 Å². The molecule has 0 bridgehead atoms. The summed E-state index contributed by atoms with van der Waals surface area (Å²) >= 11 is 1.27. The SMILES string of the molecule is CCCOc1ccc(-c2nn(-c3ccccc3)cc2/C=c2\sc3nc(/C=C/c4ccc(F)cc4)nn3c2=O)c(C)c1. The van der Waals surface area contributed by atoms with Crippen LogP contribution in [0, 0.1) is 12.7 Å². The van der Waals surface area contributed by atoms with Crippen LogP contribution >= 0.6 is 11.3 Å². The number of hydrogen-bond donors (Lipinski definition) is 0. The monoisotopic (exact) mass is 563 g/mol. The molecule has 0 radical (unpaired) electrons. The van der Waals surface area contributed by atoms with E-state index in [4.69, 9.17) is 9.84 Å².